The lowest BCUT2D eigenvalue weighted by atomic mass is 10.1. The Balaban J connectivity index is 1.45. The summed E-state index contributed by atoms with van der Waals surface area (Å²) in [4.78, 5) is 35.9. The number of halogens is 3. The third kappa shape index (κ3) is 7.40. The molecule has 12 heteroatoms. The number of methoxy groups -OCH3 is 1. The second-order valence-electron chi connectivity index (χ2n) is 7.86. The molecule has 1 atom stereocenters. The molecule has 196 valence electrons. The third-order valence-corrected chi connectivity index (χ3v) is 9.14. The molecule has 8 nitrogen and oxygen atoms in total. The molecule has 0 saturated carbocycles. The largest absolute Gasteiger partial charge is 0.467 e. The average Bonchev–Trinajstić information content (AvgIpc) is 3.45. The van der Waals surface area contributed by atoms with Gasteiger partial charge in [-0.15, -0.1) is 0 Å². The van der Waals surface area contributed by atoms with Gasteiger partial charge in [0.25, 0.3) is 5.91 Å². The molecule has 2 heterocycles. The highest BCUT2D eigenvalue weighted by Crippen LogP contribution is 2.36. The molecule has 1 aliphatic heterocycles. The summed E-state index contributed by atoms with van der Waals surface area (Å²) in [5.41, 5.74) is 2.97. The molecule has 0 saturated heterocycles. The van der Waals surface area contributed by atoms with E-state index in [1.165, 1.54) is 7.11 Å². The van der Waals surface area contributed by atoms with Crippen LogP contribution in [0.4, 0.5) is 11.6 Å². The lowest BCUT2D eigenvalue weighted by Crippen LogP contribution is -2.41. The van der Waals surface area contributed by atoms with E-state index in [0.29, 0.717) is 12.5 Å². The van der Waals surface area contributed by atoms with E-state index in [0.717, 1.165) is 16.9 Å². The van der Waals surface area contributed by atoms with Crippen LogP contribution in [-0.2, 0) is 9.53 Å². The standard InChI is InChI=1S/C26H22Cl2IN5O3S/c1-37-25(36)22(32-24(35)23-20(27)6-3-7-21(23)28)8-2-5-17-9-11-19(12-10-17)34(15-18-16-38-29-33-18)26-30-13-4-14-31-26/h2-7,9-14,16,22H,8,15H2,1H3,(H,32,35)/b5-2+. The quantitative estimate of drug-likeness (QED) is 0.183. The summed E-state index contributed by atoms with van der Waals surface area (Å²) in [5, 5.41) is 5.15. The van der Waals surface area contributed by atoms with Crippen LogP contribution in [-0.4, -0.2) is 41.5 Å². The number of hydrogen-bond donors (Lipinski definition) is 1. The maximum atomic E-state index is 12.8. The zero-order valence-corrected chi connectivity index (χ0v) is 24.5. The number of nitrogens with one attached hydrogen (secondary N) is 1. The Morgan fingerprint density at radius 3 is 2.45 bits per heavy atom. The molecular weight excluding hydrogens is 660 g/mol. The third-order valence-electron chi connectivity index (χ3n) is 5.34. The van der Waals surface area contributed by atoms with Gasteiger partial charge in [0.05, 0.1) is 54.6 Å². The van der Waals surface area contributed by atoms with Crippen molar-refractivity contribution in [1.82, 2.24) is 15.3 Å². The van der Waals surface area contributed by atoms with Crippen molar-refractivity contribution in [3.8, 4) is 0 Å². The Morgan fingerprint density at radius 2 is 1.82 bits per heavy atom. The fourth-order valence-electron chi connectivity index (χ4n) is 3.50. The first kappa shape index (κ1) is 28.2. The van der Waals surface area contributed by atoms with Crippen molar-refractivity contribution < 1.29 is 14.3 Å². The minimum absolute atomic E-state index is 0.109. The van der Waals surface area contributed by atoms with Crippen LogP contribution in [0.2, 0.25) is 10.0 Å². The van der Waals surface area contributed by atoms with E-state index in [2.05, 4.69) is 23.8 Å². The second kappa shape index (κ2) is 13.8. The van der Waals surface area contributed by atoms with Gasteiger partial charge < -0.3 is 15.0 Å². The van der Waals surface area contributed by atoms with E-state index in [1.54, 1.807) is 51.7 Å². The van der Waals surface area contributed by atoms with Gasteiger partial charge in [-0.1, -0.05) is 53.6 Å². The Hall–Kier alpha value is -2.80. The van der Waals surface area contributed by atoms with Crippen LogP contribution in [0, 0.1) is 0 Å². The summed E-state index contributed by atoms with van der Waals surface area (Å²) in [6, 6.07) is 13.5. The first-order valence-electron chi connectivity index (χ1n) is 11.3. The molecular formula is C26H22Cl2IN5O3S. The van der Waals surface area contributed by atoms with Crippen LogP contribution in [0.25, 0.3) is 6.08 Å². The predicted octanol–water partition coefficient (Wildman–Crippen LogP) is 6.95. The molecule has 1 unspecified atom stereocenters. The van der Waals surface area contributed by atoms with Crippen molar-refractivity contribution >= 4 is 81.4 Å². The first-order valence-corrected chi connectivity index (χ1v) is 16.4. The predicted molar refractivity (Wildman–Crippen MR) is 161 cm³/mol. The van der Waals surface area contributed by atoms with Crippen molar-refractivity contribution in [3.05, 3.63) is 99.3 Å². The molecule has 0 bridgehead atoms. The zero-order chi connectivity index (χ0) is 26.9. The Morgan fingerprint density at radius 1 is 1.11 bits per heavy atom. The van der Waals surface area contributed by atoms with Gasteiger partial charge >= 0.3 is 5.97 Å². The van der Waals surface area contributed by atoms with Crippen LogP contribution in [0.15, 0.2) is 81.3 Å². The Bertz CT molecular complexity index is 1370. The van der Waals surface area contributed by atoms with Gasteiger partial charge in [-0.2, -0.15) is 0 Å². The molecule has 4 rings (SSSR count). The van der Waals surface area contributed by atoms with E-state index in [9.17, 15) is 9.59 Å². The molecule has 38 heavy (non-hydrogen) atoms. The van der Waals surface area contributed by atoms with Gasteiger partial charge in [-0.25, -0.2) is 17.9 Å². The number of carbonyl (C=O) groups is 2. The topological polar surface area (TPSA) is 96.8 Å². The van der Waals surface area contributed by atoms with Crippen LogP contribution >= 0.6 is 51.8 Å². The van der Waals surface area contributed by atoms with Crippen molar-refractivity contribution in [2.24, 2.45) is 3.15 Å². The highest BCUT2D eigenvalue weighted by molar-refractivity contribution is 14.2. The van der Waals surface area contributed by atoms with Crippen LogP contribution < -0.4 is 10.2 Å². The smallest absolute Gasteiger partial charge is 0.328 e. The summed E-state index contributed by atoms with van der Waals surface area (Å²) >= 11 is 12.0. The highest BCUT2D eigenvalue weighted by Gasteiger charge is 2.23. The van der Waals surface area contributed by atoms with E-state index >= 15 is 0 Å². The molecule has 1 amide bonds. The van der Waals surface area contributed by atoms with E-state index < -0.39 is 17.9 Å². The number of esters is 1. The minimum Gasteiger partial charge on any atom is -0.467 e. The number of rotatable bonds is 10. The van der Waals surface area contributed by atoms with Gasteiger partial charge in [-0.3, -0.25) is 4.79 Å². The number of aromatic nitrogens is 2. The molecule has 3 aromatic rings. The van der Waals surface area contributed by atoms with E-state index in [1.807, 2.05) is 35.2 Å². The van der Waals surface area contributed by atoms with Gasteiger partial charge in [0.2, 0.25) is 5.95 Å². The maximum absolute atomic E-state index is 12.8. The van der Waals surface area contributed by atoms with Crippen LogP contribution in [0.5, 0.6) is 0 Å². The lowest BCUT2D eigenvalue weighted by Gasteiger charge is -2.22. The SMILES string of the molecule is COC(=O)C(C/C=C/c1ccc(N(CC2=CSI=N2)c2ncccn2)cc1)NC(=O)c1c(Cl)cccc1Cl. The summed E-state index contributed by atoms with van der Waals surface area (Å²) < 4.78 is 9.48. The number of anilines is 2. The fraction of sp³-hybridized carbons (Fsp3) is 0.154. The summed E-state index contributed by atoms with van der Waals surface area (Å²) in [5.74, 6) is -0.536. The summed E-state index contributed by atoms with van der Waals surface area (Å²) in [6.45, 7) is 0.585. The molecule has 1 aliphatic rings. The van der Waals surface area contributed by atoms with Crippen molar-refractivity contribution in [2.45, 2.75) is 12.5 Å². The summed E-state index contributed by atoms with van der Waals surface area (Å²) in [6.07, 6.45) is 7.30. The number of carbonyl (C=O) groups excluding carboxylic acids is 2. The van der Waals surface area contributed by atoms with Gasteiger partial charge in [-0.05, 0) is 51.2 Å². The molecule has 2 aromatic carbocycles. The Kier molecular flexibility index (Phi) is 10.3. The summed E-state index contributed by atoms with van der Waals surface area (Å²) in [7, 11) is 3.04. The van der Waals surface area contributed by atoms with Crippen molar-refractivity contribution in [3.63, 3.8) is 0 Å². The molecule has 0 aliphatic carbocycles. The fourth-order valence-corrected chi connectivity index (χ4v) is 7.27. The number of benzene rings is 2. The monoisotopic (exact) mass is 681 g/mol. The van der Waals surface area contributed by atoms with E-state index in [4.69, 9.17) is 27.9 Å². The normalized spacial score (nSPS) is 13.5. The zero-order valence-electron chi connectivity index (χ0n) is 20.1. The van der Waals surface area contributed by atoms with Crippen molar-refractivity contribution in [2.75, 3.05) is 18.6 Å². The number of amides is 1. The maximum Gasteiger partial charge on any atom is 0.328 e. The molecule has 0 fully saturated rings. The van der Waals surface area contributed by atoms with Gasteiger partial charge in [0.1, 0.15) is 6.04 Å². The second-order valence-corrected chi connectivity index (χ2v) is 12.4. The Labute approximate surface area is 243 Å². The van der Waals surface area contributed by atoms with E-state index in [-0.39, 0.29) is 41.7 Å². The number of ether oxygens (including phenoxy) is 1. The number of hydrogen-bond acceptors (Lipinski definition) is 8. The molecule has 0 radical (unpaired) electrons. The molecule has 1 aromatic heterocycles. The minimum atomic E-state index is -0.912. The van der Waals surface area contributed by atoms with Crippen LogP contribution in [0.1, 0.15) is 22.3 Å². The molecule has 1 N–H and O–H groups in total. The average molecular weight is 682 g/mol. The van der Waals surface area contributed by atoms with Crippen LogP contribution in [0.3, 0.4) is 0 Å². The molecule has 0 spiro atoms. The van der Waals surface area contributed by atoms with Gasteiger partial charge in [0.15, 0.2) is 0 Å². The number of nitrogens with zero attached hydrogens (tertiary/aromatic N) is 4. The van der Waals surface area contributed by atoms with Gasteiger partial charge in [0, 0.05) is 23.5 Å². The lowest BCUT2D eigenvalue weighted by molar-refractivity contribution is -0.142. The highest BCUT2D eigenvalue weighted by atomic mass is 127. The first-order chi connectivity index (χ1) is 18.5. The van der Waals surface area contributed by atoms with Crippen molar-refractivity contribution in [1.29, 1.82) is 0 Å².